The van der Waals surface area contributed by atoms with Crippen LogP contribution in [0.1, 0.15) is 19.5 Å². The summed E-state index contributed by atoms with van der Waals surface area (Å²) in [7, 11) is 3.68. The summed E-state index contributed by atoms with van der Waals surface area (Å²) < 4.78 is 7.18. The molecule has 15 heavy (non-hydrogen) atoms. The Morgan fingerprint density at radius 1 is 1.60 bits per heavy atom. The third-order valence-corrected chi connectivity index (χ3v) is 2.60. The summed E-state index contributed by atoms with van der Waals surface area (Å²) in [6.45, 7) is 5.13. The Balaban J connectivity index is 2.57. The minimum atomic E-state index is 0.201. The van der Waals surface area contributed by atoms with E-state index < -0.39 is 0 Å². The summed E-state index contributed by atoms with van der Waals surface area (Å²) in [6.07, 6.45) is 3.08. The maximum atomic E-state index is 5.35. The van der Waals surface area contributed by atoms with Gasteiger partial charge < -0.3 is 10.1 Å². The molecule has 0 spiro atoms. The number of methoxy groups -OCH3 is 1. The van der Waals surface area contributed by atoms with E-state index in [1.165, 1.54) is 0 Å². The topological polar surface area (TPSA) is 39.1 Å². The standard InChI is InChI=1S/C11H21N3O/c1-5-12-11(9(2)15-4)8-10-6-7-14(3)13-10/h6-7,9,11-12H,5,8H2,1-4H3. The van der Waals surface area contributed by atoms with Gasteiger partial charge in [-0.3, -0.25) is 4.68 Å². The molecule has 1 aromatic rings. The number of aromatic nitrogens is 2. The van der Waals surface area contributed by atoms with Crippen molar-refractivity contribution in [3.05, 3.63) is 18.0 Å². The first-order chi connectivity index (χ1) is 7.17. The lowest BCUT2D eigenvalue weighted by Crippen LogP contribution is -2.41. The molecule has 0 amide bonds. The summed E-state index contributed by atoms with van der Waals surface area (Å²) >= 11 is 0. The molecule has 0 fully saturated rings. The van der Waals surface area contributed by atoms with E-state index in [4.69, 9.17) is 4.74 Å². The summed E-state index contributed by atoms with van der Waals surface area (Å²) in [5, 5.41) is 7.79. The Labute approximate surface area is 91.6 Å². The van der Waals surface area contributed by atoms with Gasteiger partial charge in [0.2, 0.25) is 0 Å². The molecule has 4 heteroatoms. The number of hydrogen-bond acceptors (Lipinski definition) is 3. The zero-order valence-electron chi connectivity index (χ0n) is 10.0. The first kappa shape index (κ1) is 12.2. The summed E-state index contributed by atoms with van der Waals surface area (Å²) in [6, 6.07) is 2.38. The van der Waals surface area contributed by atoms with Crippen molar-refractivity contribution in [1.29, 1.82) is 0 Å². The molecule has 0 saturated carbocycles. The minimum absolute atomic E-state index is 0.201. The van der Waals surface area contributed by atoms with Crippen molar-refractivity contribution >= 4 is 0 Å². The van der Waals surface area contributed by atoms with Crippen LogP contribution in [-0.2, 0) is 18.2 Å². The van der Waals surface area contributed by atoms with Crippen LogP contribution in [-0.4, -0.2) is 35.6 Å². The van der Waals surface area contributed by atoms with Gasteiger partial charge in [-0.1, -0.05) is 6.92 Å². The number of ether oxygens (including phenoxy) is 1. The highest BCUT2D eigenvalue weighted by Gasteiger charge is 2.17. The van der Waals surface area contributed by atoms with Crippen molar-refractivity contribution < 1.29 is 4.74 Å². The average Bonchev–Trinajstić information content (AvgIpc) is 2.62. The zero-order chi connectivity index (χ0) is 11.3. The zero-order valence-corrected chi connectivity index (χ0v) is 10.0. The van der Waals surface area contributed by atoms with E-state index in [1.54, 1.807) is 7.11 Å². The van der Waals surface area contributed by atoms with Gasteiger partial charge in [0.25, 0.3) is 0 Å². The molecule has 2 unspecified atom stereocenters. The van der Waals surface area contributed by atoms with Crippen LogP contribution in [0.3, 0.4) is 0 Å². The molecule has 0 aliphatic rings. The van der Waals surface area contributed by atoms with Gasteiger partial charge in [-0.05, 0) is 19.5 Å². The van der Waals surface area contributed by atoms with Crippen LogP contribution in [0.2, 0.25) is 0 Å². The molecule has 1 rings (SSSR count). The highest BCUT2D eigenvalue weighted by molar-refractivity contribution is 5.02. The third-order valence-electron chi connectivity index (χ3n) is 2.60. The number of aryl methyl sites for hydroxylation is 1. The van der Waals surface area contributed by atoms with E-state index >= 15 is 0 Å². The molecule has 1 heterocycles. The molecule has 0 radical (unpaired) electrons. The fourth-order valence-electron chi connectivity index (χ4n) is 1.63. The molecular formula is C11H21N3O. The maximum Gasteiger partial charge on any atom is 0.0700 e. The lowest BCUT2D eigenvalue weighted by molar-refractivity contribution is 0.0833. The van der Waals surface area contributed by atoms with Gasteiger partial charge in [0.05, 0.1) is 11.8 Å². The number of hydrogen-bond donors (Lipinski definition) is 1. The number of likely N-dealkylation sites (N-methyl/N-ethyl adjacent to an activating group) is 1. The predicted octanol–water partition coefficient (Wildman–Crippen LogP) is 0.976. The Morgan fingerprint density at radius 2 is 2.33 bits per heavy atom. The highest BCUT2D eigenvalue weighted by atomic mass is 16.5. The van der Waals surface area contributed by atoms with E-state index in [1.807, 2.05) is 24.0 Å². The average molecular weight is 211 g/mol. The van der Waals surface area contributed by atoms with Crippen molar-refractivity contribution in [2.24, 2.45) is 7.05 Å². The van der Waals surface area contributed by atoms with Gasteiger partial charge in [-0.25, -0.2) is 0 Å². The van der Waals surface area contributed by atoms with Crippen molar-refractivity contribution in [3.8, 4) is 0 Å². The van der Waals surface area contributed by atoms with Crippen LogP contribution < -0.4 is 5.32 Å². The maximum absolute atomic E-state index is 5.35. The smallest absolute Gasteiger partial charge is 0.0700 e. The molecule has 1 aromatic heterocycles. The number of rotatable bonds is 6. The van der Waals surface area contributed by atoms with Gasteiger partial charge in [-0.15, -0.1) is 0 Å². The molecule has 86 valence electrons. The second-order valence-corrected chi connectivity index (χ2v) is 3.79. The molecule has 0 aliphatic heterocycles. The summed E-state index contributed by atoms with van der Waals surface area (Å²) in [4.78, 5) is 0. The highest BCUT2D eigenvalue weighted by Crippen LogP contribution is 2.05. The molecule has 1 N–H and O–H groups in total. The molecule has 0 aliphatic carbocycles. The fourth-order valence-corrected chi connectivity index (χ4v) is 1.63. The fraction of sp³-hybridized carbons (Fsp3) is 0.727. The van der Waals surface area contributed by atoms with E-state index in [2.05, 4.69) is 24.3 Å². The SMILES string of the molecule is CCNC(Cc1ccn(C)n1)C(C)OC. The van der Waals surface area contributed by atoms with Gasteiger partial charge in [0.1, 0.15) is 0 Å². The van der Waals surface area contributed by atoms with E-state index in [0.29, 0.717) is 6.04 Å². The van der Waals surface area contributed by atoms with E-state index in [9.17, 15) is 0 Å². The van der Waals surface area contributed by atoms with Crippen LogP contribution >= 0.6 is 0 Å². The van der Waals surface area contributed by atoms with Crippen molar-refractivity contribution in [3.63, 3.8) is 0 Å². The van der Waals surface area contributed by atoms with E-state index in [0.717, 1.165) is 18.7 Å². The van der Waals surface area contributed by atoms with Crippen molar-refractivity contribution in [1.82, 2.24) is 15.1 Å². The lowest BCUT2D eigenvalue weighted by Gasteiger charge is -2.22. The second-order valence-electron chi connectivity index (χ2n) is 3.79. The molecule has 0 saturated heterocycles. The van der Waals surface area contributed by atoms with Crippen molar-refractivity contribution in [2.75, 3.05) is 13.7 Å². The van der Waals surface area contributed by atoms with Crippen molar-refractivity contribution in [2.45, 2.75) is 32.4 Å². The Hall–Kier alpha value is -0.870. The largest absolute Gasteiger partial charge is 0.380 e. The quantitative estimate of drug-likeness (QED) is 0.762. The van der Waals surface area contributed by atoms with Crippen LogP contribution in [0.15, 0.2) is 12.3 Å². The molecule has 0 bridgehead atoms. The molecule has 0 aromatic carbocycles. The third kappa shape index (κ3) is 3.64. The lowest BCUT2D eigenvalue weighted by atomic mass is 10.1. The molecule has 2 atom stereocenters. The van der Waals surface area contributed by atoms with Crippen LogP contribution in [0.25, 0.3) is 0 Å². The van der Waals surface area contributed by atoms with Crippen LogP contribution in [0.4, 0.5) is 0 Å². The molecule has 4 nitrogen and oxygen atoms in total. The van der Waals surface area contributed by atoms with Crippen LogP contribution in [0, 0.1) is 0 Å². The van der Waals surface area contributed by atoms with Gasteiger partial charge in [-0.2, -0.15) is 5.10 Å². The van der Waals surface area contributed by atoms with E-state index in [-0.39, 0.29) is 6.10 Å². The Kier molecular flexibility index (Phi) is 4.78. The van der Waals surface area contributed by atoms with Crippen LogP contribution in [0.5, 0.6) is 0 Å². The summed E-state index contributed by atoms with van der Waals surface area (Å²) in [5.41, 5.74) is 1.10. The number of nitrogens with one attached hydrogen (secondary N) is 1. The first-order valence-corrected chi connectivity index (χ1v) is 5.42. The monoisotopic (exact) mass is 211 g/mol. The minimum Gasteiger partial charge on any atom is -0.380 e. The van der Waals surface area contributed by atoms with Gasteiger partial charge in [0, 0.05) is 32.8 Å². The number of nitrogens with zero attached hydrogens (tertiary/aromatic N) is 2. The Morgan fingerprint density at radius 3 is 2.80 bits per heavy atom. The predicted molar refractivity (Wildman–Crippen MR) is 60.8 cm³/mol. The molecular weight excluding hydrogens is 190 g/mol. The first-order valence-electron chi connectivity index (χ1n) is 5.42. The second kappa shape index (κ2) is 5.88. The van der Waals surface area contributed by atoms with Gasteiger partial charge >= 0.3 is 0 Å². The normalized spacial score (nSPS) is 15.2. The van der Waals surface area contributed by atoms with Gasteiger partial charge in [0.15, 0.2) is 0 Å². The summed E-state index contributed by atoms with van der Waals surface area (Å²) in [5.74, 6) is 0. The Bertz CT molecular complexity index is 285.